The molecular weight excluding hydrogens is 232 g/mol. The zero-order valence-electron chi connectivity index (χ0n) is 10.8. The normalized spacial score (nSPS) is 23.2. The number of carbonyl (C=O) groups is 1. The van der Waals surface area contributed by atoms with Gasteiger partial charge < -0.3 is 15.4 Å². The molecule has 0 spiro atoms. The third-order valence-corrected chi connectivity index (χ3v) is 3.39. The van der Waals surface area contributed by atoms with Crippen LogP contribution in [0.5, 0.6) is 0 Å². The maximum Gasteiger partial charge on any atom is 0.227 e. The zero-order valence-corrected chi connectivity index (χ0v) is 10.8. The number of likely N-dealkylation sites (N-methyl/N-ethyl adjacent to an activating group) is 1. The van der Waals surface area contributed by atoms with Crippen molar-refractivity contribution in [2.45, 2.75) is 12.5 Å². The molecule has 0 bridgehead atoms. The molecule has 6 nitrogen and oxygen atoms in total. The second-order valence-electron chi connectivity index (χ2n) is 4.53. The molecule has 1 aromatic rings. The molecule has 2 rings (SSSR count). The van der Waals surface area contributed by atoms with E-state index < -0.39 is 0 Å². The molecule has 0 aromatic carbocycles. The van der Waals surface area contributed by atoms with Gasteiger partial charge in [-0.3, -0.25) is 9.48 Å². The number of aryl methyl sites for hydroxylation is 1. The van der Waals surface area contributed by atoms with Crippen LogP contribution in [-0.4, -0.2) is 48.5 Å². The summed E-state index contributed by atoms with van der Waals surface area (Å²) < 4.78 is 7.14. The molecule has 1 amide bonds. The first-order chi connectivity index (χ1) is 8.72. The van der Waals surface area contributed by atoms with Crippen molar-refractivity contribution in [2.24, 2.45) is 13.0 Å². The number of hydrogen-bond donors (Lipinski definition) is 2. The zero-order chi connectivity index (χ0) is 13.0. The molecule has 0 radical (unpaired) electrons. The Balaban J connectivity index is 1.76. The van der Waals surface area contributed by atoms with Crippen molar-refractivity contribution in [3.63, 3.8) is 0 Å². The van der Waals surface area contributed by atoms with E-state index in [-0.39, 0.29) is 17.9 Å². The van der Waals surface area contributed by atoms with Gasteiger partial charge in [0, 0.05) is 37.9 Å². The van der Waals surface area contributed by atoms with E-state index in [2.05, 4.69) is 15.7 Å². The maximum atomic E-state index is 12.0. The second kappa shape index (κ2) is 5.97. The van der Waals surface area contributed by atoms with E-state index in [0.717, 1.165) is 12.1 Å². The number of nitrogens with one attached hydrogen (secondary N) is 2. The number of nitrogens with zero attached hydrogens (tertiary/aromatic N) is 2. The largest absolute Gasteiger partial charge is 0.379 e. The van der Waals surface area contributed by atoms with Crippen LogP contribution in [0.3, 0.4) is 0 Å². The highest BCUT2D eigenvalue weighted by molar-refractivity contribution is 5.79. The molecule has 1 aliphatic rings. The Morgan fingerprint density at radius 2 is 2.44 bits per heavy atom. The summed E-state index contributed by atoms with van der Waals surface area (Å²) in [6.07, 6.45) is 2.55. The summed E-state index contributed by atoms with van der Waals surface area (Å²) in [5.74, 6) is -0.0180. The van der Waals surface area contributed by atoms with Crippen molar-refractivity contribution in [3.05, 3.63) is 18.0 Å². The average Bonchev–Trinajstić information content (AvgIpc) is 2.98. The van der Waals surface area contributed by atoms with Gasteiger partial charge in [0.25, 0.3) is 0 Å². The minimum absolute atomic E-state index is 0.0639. The molecule has 2 atom stereocenters. The Morgan fingerprint density at radius 1 is 1.61 bits per heavy atom. The summed E-state index contributed by atoms with van der Waals surface area (Å²) >= 11 is 0. The summed E-state index contributed by atoms with van der Waals surface area (Å²) in [6.45, 7) is 1.74. The molecule has 2 N–H and O–H groups in total. The minimum Gasteiger partial charge on any atom is -0.379 e. The smallest absolute Gasteiger partial charge is 0.227 e. The molecule has 1 aliphatic heterocycles. The van der Waals surface area contributed by atoms with E-state index in [1.54, 1.807) is 6.20 Å². The lowest BCUT2D eigenvalue weighted by Crippen LogP contribution is -2.43. The second-order valence-corrected chi connectivity index (χ2v) is 4.53. The van der Waals surface area contributed by atoms with Crippen molar-refractivity contribution in [2.75, 3.05) is 26.8 Å². The van der Waals surface area contributed by atoms with E-state index in [0.29, 0.717) is 19.8 Å². The lowest BCUT2D eigenvalue weighted by molar-refractivity contribution is -0.125. The van der Waals surface area contributed by atoms with Gasteiger partial charge in [-0.2, -0.15) is 5.10 Å². The first-order valence-electron chi connectivity index (χ1n) is 6.22. The van der Waals surface area contributed by atoms with Gasteiger partial charge in [0.1, 0.15) is 0 Å². The van der Waals surface area contributed by atoms with Crippen molar-refractivity contribution >= 4 is 5.91 Å². The molecule has 18 heavy (non-hydrogen) atoms. The Bertz CT molecular complexity index is 405. The summed E-state index contributed by atoms with van der Waals surface area (Å²) in [7, 11) is 3.76. The first kappa shape index (κ1) is 13.0. The standard InChI is InChI=1S/C12H20N4O2/c1-13-11-8-18-7-10(11)12(17)14-5-3-9-4-6-15-16(9)2/h4,6,10-11,13H,3,5,7-8H2,1-2H3,(H,14,17). The lowest BCUT2D eigenvalue weighted by Gasteiger charge is -2.16. The van der Waals surface area contributed by atoms with Crippen molar-refractivity contribution in [1.82, 2.24) is 20.4 Å². The van der Waals surface area contributed by atoms with Crippen molar-refractivity contribution < 1.29 is 9.53 Å². The summed E-state index contributed by atoms with van der Waals surface area (Å²) in [5, 5.41) is 10.2. The van der Waals surface area contributed by atoms with Gasteiger partial charge in [-0.1, -0.05) is 0 Å². The predicted molar refractivity (Wildman–Crippen MR) is 67.1 cm³/mol. The monoisotopic (exact) mass is 252 g/mol. The van der Waals surface area contributed by atoms with E-state index in [9.17, 15) is 4.79 Å². The highest BCUT2D eigenvalue weighted by Gasteiger charge is 2.32. The predicted octanol–water partition coefficient (Wildman–Crippen LogP) is -0.687. The van der Waals surface area contributed by atoms with Crippen molar-refractivity contribution in [1.29, 1.82) is 0 Å². The molecule has 6 heteroatoms. The van der Waals surface area contributed by atoms with Gasteiger partial charge >= 0.3 is 0 Å². The SMILES string of the molecule is CNC1COCC1C(=O)NCCc1ccnn1C. The van der Waals surface area contributed by atoms with Crippen LogP contribution in [0.4, 0.5) is 0 Å². The van der Waals surface area contributed by atoms with Gasteiger partial charge in [-0.15, -0.1) is 0 Å². The van der Waals surface area contributed by atoms with Gasteiger partial charge in [0.05, 0.1) is 19.1 Å². The Morgan fingerprint density at radius 3 is 3.11 bits per heavy atom. The number of amides is 1. The number of hydrogen-bond acceptors (Lipinski definition) is 4. The van der Waals surface area contributed by atoms with Crippen LogP contribution >= 0.6 is 0 Å². The van der Waals surface area contributed by atoms with Gasteiger partial charge in [0.2, 0.25) is 5.91 Å². The molecule has 0 saturated carbocycles. The fourth-order valence-electron chi connectivity index (χ4n) is 2.19. The highest BCUT2D eigenvalue weighted by atomic mass is 16.5. The van der Waals surface area contributed by atoms with Crippen LogP contribution in [0.1, 0.15) is 5.69 Å². The van der Waals surface area contributed by atoms with Gasteiger partial charge in [-0.05, 0) is 13.1 Å². The number of ether oxygens (including phenoxy) is 1. The first-order valence-corrected chi connectivity index (χ1v) is 6.22. The highest BCUT2D eigenvalue weighted by Crippen LogP contribution is 2.13. The van der Waals surface area contributed by atoms with E-state index in [1.165, 1.54) is 0 Å². The Hall–Kier alpha value is -1.40. The van der Waals surface area contributed by atoms with Crippen LogP contribution in [0.25, 0.3) is 0 Å². The van der Waals surface area contributed by atoms with Crippen LogP contribution in [0, 0.1) is 5.92 Å². The van der Waals surface area contributed by atoms with Crippen LogP contribution in [0.2, 0.25) is 0 Å². The topological polar surface area (TPSA) is 68.2 Å². The van der Waals surface area contributed by atoms with Gasteiger partial charge in [0.15, 0.2) is 0 Å². The number of carbonyl (C=O) groups excluding carboxylic acids is 1. The molecule has 100 valence electrons. The van der Waals surface area contributed by atoms with E-state index >= 15 is 0 Å². The maximum absolute atomic E-state index is 12.0. The van der Waals surface area contributed by atoms with Crippen molar-refractivity contribution in [3.8, 4) is 0 Å². The molecular formula is C12H20N4O2. The summed E-state index contributed by atoms with van der Waals surface area (Å²) in [5.41, 5.74) is 1.11. The van der Waals surface area contributed by atoms with Crippen LogP contribution in [-0.2, 0) is 23.0 Å². The third-order valence-electron chi connectivity index (χ3n) is 3.39. The van der Waals surface area contributed by atoms with E-state index in [1.807, 2.05) is 24.8 Å². The summed E-state index contributed by atoms with van der Waals surface area (Å²) in [6, 6.07) is 2.09. The number of rotatable bonds is 5. The quantitative estimate of drug-likeness (QED) is 0.728. The van der Waals surface area contributed by atoms with Crippen LogP contribution in [0.15, 0.2) is 12.3 Å². The fraction of sp³-hybridized carbons (Fsp3) is 0.667. The molecule has 1 aromatic heterocycles. The molecule has 1 saturated heterocycles. The number of aromatic nitrogens is 2. The average molecular weight is 252 g/mol. The van der Waals surface area contributed by atoms with Gasteiger partial charge in [-0.25, -0.2) is 0 Å². The molecule has 2 heterocycles. The Labute approximate surface area is 107 Å². The van der Waals surface area contributed by atoms with E-state index in [4.69, 9.17) is 4.74 Å². The molecule has 0 aliphatic carbocycles. The lowest BCUT2D eigenvalue weighted by atomic mass is 10.0. The third kappa shape index (κ3) is 2.88. The fourth-order valence-corrected chi connectivity index (χ4v) is 2.19. The molecule has 2 unspecified atom stereocenters. The van der Waals surface area contributed by atoms with Crippen LogP contribution < -0.4 is 10.6 Å². The minimum atomic E-state index is -0.0819. The Kier molecular flexibility index (Phi) is 4.33. The molecule has 1 fully saturated rings. The summed E-state index contributed by atoms with van der Waals surface area (Å²) in [4.78, 5) is 12.0.